The first-order valence-electron chi connectivity index (χ1n) is 32.2. The molecule has 0 aromatic rings. The van der Waals surface area contributed by atoms with Gasteiger partial charge in [-0.1, -0.05) is 248 Å². The summed E-state index contributed by atoms with van der Waals surface area (Å²) < 4.78 is 30.3. The number of rotatable bonds is 58. The van der Waals surface area contributed by atoms with E-state index in [4.69, 9.17) is 13.8 Å². The monoisotopic (exact) mass is 1100 g/mol. The van der Waals surface area contributed by atoms with Crippen molar-refractivity contribution in [2.75, 3.05) is 40.9 Å². The molecule has 0 rings (SSSR count). The fourth-order valence-corrected chi connectivity index (χ4v) is 9.81. The van der Waals surface area contributed by atoms with E-state index in [1.807, 2.05) is 33.3 Å². The minimum Gasteiger partial charge on any atom is -0.756 e. The van der Waals surface area contributed by atoms with Gasteiger partial charge in [-0.25, -0.2) is 0 Å². The molecule has 448 valence electrons. The highest BCUT2D eigenvalue weighted by atomic mass is 31.2. The number of phosphoric acid groups is 1. The van der Waals surface area contributed by atoms with Crippen molar-refractivity contribution in [1.29, 1.82) is 0 Å². The fourth-order valence-electron chi connectivity index (χ4n) is 9.09. The van der Waals surface area contributed by atoms with Gasteiger partial charge in [0.1, 0.15) is 19.3 Å². The molecule has 0 fully saturated rings. The van der Waals surface area contributed by atoms with Gasteiger partial charge < -0.3 is 28.5 Å². The molecule has 0 saturated carbocycles. The molecule has 0 aliphatic carbocycles. The summed E-state index contributed by atoms with van der Waals surface area (Å²) in [6.45, 7) is 6.79. The summed E-state index contributed by atoms with van der Waals surface area (Å²) in [7, 11) is 1.16. The Morgan fingerprint density at radius 3 is 1.23 bits per heavy atom. The van der Waals surface area contributed by atoms with Crippen LogP contribution < -0.4 is 10.2 Å². The normalized spacial score (nSPS) is 14.1. The predicted octanol–water partition coefficient (Wildman–Crippen LogP) is 19.4. The highest BCUT2D eigenvalue weighted by molar-refractivity contribution is 7.45. The van der Waals surface area contributed by atoms with Crippen molar-refractivity contribution < 1.29 is 37.3 Å². The van der Waals surface area contributed by atoms with Gasteiger partial charge in [0.25, 0.3) is 7.82 Å². The summed E-state index contributed by atoms with van der Waals surface area (Å²) in [6, 6.07) is -0.907. The second kappa shape index (κ2) is 56.7. The molecule has 1 N–H and O–H groups in total. The molecule has 9 nitrogen and oxygen atoms in total. The maximum absolute atomic E-state index is 13.5. The first-order chi connectivity index (χ1) is 37.4. The van der Waals surface area contributed by atoms with Gasteiger partial charge in [-0.2, -0.15) is 0 Å². The van der Waals surface area contributed by atoms with Gasteiger partial charge in [-0.15, -0.1) is 0 Å². The minimum atomic E-state index is -4.71. The number of unbranched alkanes of at least 4 members (excludes halogenated alkanes) is 32. The number of likely N-dealkylation sites (N-methyl/N-ethyl adjacent to an activating group) is 1. The molecule has 0 aromatic heterocycles. The topological polar surface area (TPSA) is 114 Å². The zero-order valence-electron chi connectivity index (χ0n) is 51.2. The number of amides is 1. The number of nitrogens with zero attached hydrogens (tertiary/aromatic N) is 1. The van der Waals surface area contributed by atoms with E-state index in [0.717, 1.165) is 77.0 Å². The van der Waals surface area contributed by atoms with Crippen LogP contribution in [-0.4, -0.2) is 69.4 Å². The summed E-state index contributed by atoms with van der Waals surface area (Å²) in [6.07, 6.45) is 73.0. The average Bonchev–Trinajstić information content (AvgIpc) is 3.39. The summed E-state index contributed by atoms with van der Waals surface area (Å²) in [5.74, 6) is -0.574. The van der Waals surface area contributed by atoms with Crippen LogP contribution in [0, 0.1) is 0 Å². The third-order valence-corrected chi connectivity index (χ3v) is 15.1. The maximum atomic E-state index is 13.5. The van der Waals surface area contributed by atoms with Crippen LogP contribution >= 0.6 is 7.82 Å². The number of carbonyl (C=O) groups excluding carboxylic acids is 2. The molecular formula is C67H123N2O7P. The van der Waals surface area contributed by atoms with Crippen LogP contribution in [0.2, 0.25) is 0 Å². The number of nitrogens with one attached hydrogen (secondary N) is 1. The van der Waals surface area contributed by atoms with Gasteiger partial charge in [0.15, 0.2) is 0 Å². The lowest BCUT2D eigenvalue weighted by molar-refractivity contribution is -0.870. The largest absolute Gasteiger partial charge is 0.756 e. The molecule has 0 aliphatic heterocycles. The Morgan fingerprint density at radius 2 is 0.792 bits per heavy atom. The summed E-state index contributed by atoms with van der Waals surface area (Å²) in [5.41, 5.74) is 0. The number of ether oxygens (including phenoxy) is 1. The van der Waals surface area contributed by atoms with Gasteiger partial charge in [0.05, 0.1) is 33.8 Å². The van der Waals surface area contributed by atoms with Gasteiger partial charge >= 0.3 is 5.97 Å². The lowest BCUT2D eigenvalue weighted by Crippen LogP contribution is -2.47. The number of carbonyl (C=O) groups is 2. The Labute approximate surface area is 476 Å². The minimum absolute atomic E-state index is 0.0307. The van der Waals surface area contributed by atoms with Gasteiger partial charge in [0.2, 0.25) is 5.91 Å². The molecule has 0 aliphatic rings. The molecule has 0 saturated heterocycles. The highest BCUT2D eigenvalue weighted by Crippen LogP contribution is 2.38. The van der Waals surface area contributed by atoms with E-state index in [1.54, 1.807) is 0 Å². The van der Waals surface area contributed by atoms with Gasteiger partial charge in [-0.05, 0) is 102 Å². The van der Waals surface area contributed by atoms with Crippen LogP contribution in [0.5, 0.6) is 0 Å². The Hall–Kier alpha value is -2.55. The van der Waals surface area contributed by atoms with Crippen LogP contribution in [0.25, 0.3) is 0 Å². The van der Waals surface area contributed by atoms with E-state index >= 15 is 0 Å². The molecule has 0 radical (unpaired) electrons. The summed E-state index contributed by atoms with van der Waals surface area (Å²) in [4.78, 5) is 40.0. The fraction of sp³-hybridized carbons (Fsp3) is 0.791. The molecule has 1 amide bonds. The Bertz CT molecular complexity index is 1550. The molecule has 3 atom stereocenters. The van der Waals surface area contributed by atoms with Crippen molar-refractivity contribution in [3.8, 4) is 0 Å². The van der Waals surface area contributed by atoms with Crippen LogP contribution in [0.3, 0.4) is 0 Å². The maximum Gasteiger partial charge on any atom is 0.306 e. The lowest BCUT2D eigenvalue weighted by atomic mass is 10.0. The van der Waals surface area contributed by atoms with E-state index in [1.165, 1.54) is 173 Å². The molecular weight excluding hydrogens is 976 g/mol. The molecule has 0 heterocycles. The van der Waals surface area contributed by atoms with Crippen molar-refractivity contribution in [3.05, 3.63) is 72.9 Å². The van der Waals surface area contributed by atoms with Gasteiger partial charge in [0, 0.05) is 12.8 Å². The van der Waals surface area contributed by atoms with Crippen molar-refractivity contribution >= 4 is 19.7 Å². The van der Waals surface area contributed by atoms with Crippen molar-refractivity contribution in [3.63, 3.8) is 0 Å². The van der Waals surface area contributed by atoms with Crippen LogP contribution in [0.1, 0.15) is 290 Å². The zero-order valence-corrected chi connectivity index (χ0v) is 52.0. The molecule has 0 bridgehead atoms. The highest BCUT2D eigenvalue weighted by Gasteiger charge is 2.27. The number of quaternary nitrogens is 1. The second-order valence-corrected chi connectivity index (χ2v) is 24.3. The Morgan fingerprint density at radius 1 is 0.455 bits per heavy atom. The second-order valence-electron chi connectivity index (χ2n) is 22.9. The Balaban J connectivity index is 5.22. The van der Waals surface area contributed by atoms with Crippen molar-refractivity contribution in [2.24, 2.45) is 0 Å². The van der Waals surface area contributed by atoms with Crippen LogP contribution in [-0.2, 0) is 27.9 Å². The zero-order chi connectivity index (χ0) is 56.4. The molecule has 77 heavy (non-hydrogen) atoms. The molecule has 0 spiro atoms. The SMILES string of the molecule is CCCCC/C=C\C/C=C\C/C=C\C/C=C\CCCCCC(=O)NC(COP(=O)([O-])OCC[N+](C)(C)C)C(/C=C/CCCCCCCCCCC)OC(=O)CCCCCCCCCCCCC/C=C/CCCCCCCC. The van der Waals surface area contributed by atoms with Crippen molar-refractivity contribution in [2.45, 2.75) is 303 Å². The van der Waals surface area contributed by atoms with Crippen LogP contribution in [0.15, 0.2) is 72.9 Å². The molecule has 10 heteroatoms. The van der Waals surface area contributed by atoms with Crippen LogP contribution in [0.4, 0.5) is 0 Å². The standard InChI is InChI=1S/C67H123N2O7P/c1-7-10-13-16-19-22-25-27-29-31-33-34-36-38-40-42-45-48-51-54-57-60-67(71)76-65(58-55-52-49-46-43-24-21-18-15-12-9-3)64(63-75-77(72,73)74-62-61-69(4,5)6)68-66(70)59-56-53-50-47-44-41-39-37-35-32-30-28-26-23-20-17-14-11-8-2/h20,23,27-30,35,37,41,44,55,58,64-65H,7-19,21-22,24-26,31-34,36,38-40,42-43,45-54,56-57,59-63H2,1-6H3,(H-,68,70,72,73)/b23-20-,29-27+,30-28-,37-35-,44-41-,58-55+. The molecule has 3 unspecified atom stereocenters. The number of hydrogen-bond donors (Lipinski definition) is 1. The lowest BCUT2D eigenvalue weighted by Gasteiger charge is -2.30. The van der Waals surface area contributed by atoms with E-state index in [9.17, 15) is 19.0 Å². The first-order valence-corrected chi connectivity index (χ1v) is 33.7. The Kier molecular flexibility index (Phi) is 54.8. The first kappa shape index (κ1) is 74.5. The number of hydrogen-bond acceptors (Lipinski definition) is 7. The number of esters is 1. The third kappa shape index (κ3) is 57.9. The third-order valence-electron chi connectivity index (χ3n) is 14.1. The molecule has 0 aromatic carbocycles. The van der Waals surface area contributed by atoms with Crippen molar-refractivity contribution in [1.82, 2.24) is 5.32 Å². The summed E-state index contributed by atoms with van der Waals surface area (Å²) in [5, 5.41) is 3.01. The van der Waals surface area contributed by atoms with Gasteiger partial charge in [-0.3, -0.25) is 14.2 Å². The quantitative estimate of drug-likeness (QED) is 0.0212. The number of allylic oxidation sites excluding steroid dienone is 11. The number of phosphoric ester groups is 1. The summed E-state index contributed by atoms with van der Waals surface area (Å²) >= 11 is 0. The van der Waals surface area contributed by atoms with E-state index in [0.29, 0.717) is 17.4 Å². The van der Waals surface area contributed by atoms with E-state index < -0.39 is 26.6 Å². The van der Waals surface area contributed by atoms with E-state index in [-0.39, 0.29) is 31.3 Å². The average molecular weight is 1100 g/mol. The predicted molar refractivity (Wildman–Crippen MR) is 330 cm³/mol. The van der Waals surface area contributed by atoms with E-state index in [2.05, 4.69) is 86.8 Å². The smallest absolute Gasteiger partial charge is 0.306 e.